The first kappa shape index (κ1) is 15.0. The third kappa shape index (κ3) is 3.16. The molecule has 8 heteroatoms. The van der Waals surface area contributed by atoms with E-state index in [1.54, 1.807) is 24.3 Å². The number of para-hydroxylation sites is 1. The van der Waals surface area contributed by atoms with E-state index in [1.165, 1.54) is 23.9 Å². The molecule has 3 N–H and O–H groups in total. The average molecular weight is 328 g/mol. The maximum Gasteiger partial charge on any atom is 0.269 e. The Bertz CT molecular complexity index is 889. The molecule has 3 rings (SSSR count). The Kier molecular flexibility index (Phi) is 3.98. The summed E-state index contributed by atoms with van der Waals surface area (Å²) in [6, 6.07) is 11.5. The van der Waals surface area contributed by atoms with Gasteiger partial charge in [-0.1, -0.05) is 6.07 Å². The zero-order valence-electron chi connectivity index (χ0n) is 11.9. The van der Waals surface area contributed by atoms with Crippen molar-refractivity contribution >= 4 is 34.4 Å². The summed E-state index contributed by atoms with van der Waals surface area (Å²) < 4.78 is 0. The molecular weight excluding hydrogens is 316 g/mol. The van der Waals surface area contributed by atoms with Crippen LogP contribution < -0.4 is 5.73 Å². The zero-order chi connectivity index (χ0) is 16.4. The first-order valence-electron chi connectivity index (χ1n) is 6.69. The number of hydrogen-bond acceptors (Lipinski definition) is 5. The molecule has 3 aromatic rings. The van der Waals surface area contributed by atoms with E-state index in [0.29, 0.717) is 22.7 Å². The first-order chi connectivity index (χ1) is 11.0. The highest BCUT2D eigenvalue weighted by molar-refractivity contribution is 7.98. The van der Waals surface area contributed by atoms with E-state index in [-0.39, 0.29) is 5.69 Å². The minimum absolute atomic E-state index is 0.0594. The lowest BCUT2D eigenvalue weighted by molar-refractivity contribution is -0.384. The van der Waals surface area contributed by atoms with Crippen LogP contribution in [0.5, 0.6) is 0 Å². The Hall–Kier alpha value is -2.87. The summed E-state index contributed by atoms with van der Waals surface area (Å²) in [5.74, 6) is 0.735. The number of aromatic nitrogens is 2. The average Bonchev–Trinajstić information content (AvgIpc) is 2.95. The van der Waals surface area contributed by atoms with Gasteiger partial charge >= 0.3 is 0 Å². The number of non-ortho nitro benzene ring substituents is 1. The van der Waals surface area contributed by atoms with Gasteiger partial charge < -0.3 is 10.7 Å². The van der Waals surface area contributed by atoms with Gasteiger partial charge in [0.05, 0.1) is 21.8 Å². The molecule has 0 saturated carbocycles. The quantitative estimate of drug-likeness (QED) is 0.424. The molecule has 0 bridgehead atoms. The van der Waals surface area contributed by atoms with Gasteiger partial charge in [-0.25, -0.2) is 4.98 Å². The maximum atomic E-state index is 11.4. The van der Waals surface area contributed by atoms with Crippen LogP contribution in [0.15, 0.2) is 47.4 Å². The van der Waals surface area contributed by atoms with Gasteiger partial charge in [0.25, 0.3) is 11.6 Å². The largest absolute Gasteiger partial charge is 0.366 e. The lowest BCUT2D eigenvalue weighted by Crippen LogP contribution is -2.11. The fourth-order valence-electron chi connectivity index (χ4n) is 2.17. The van der Waals surface area contributed by atoms with Gasteiger partial charge in [0.15, 0.2) is 0 Å². The third-order valence-electron chi connectivity index (χ3n) is 3.25. The Morgan fingerprint density at radius 2 is 2.00 bits per heavy atom. The van der Waals surface area contributed by atoms with Crippen molar-refractivity contribution < 1.29 is 9.72 Å². The number of amides is 1. The summed E-state index contributed by atoms with van der Waals surface area (Å²) in [4.78, 5) is 30.0. The van der Waals surface area contributed by atoms with Gasteiger partial charge in [-0.2, -0.15) is 0 Å². The third-order valence-corrected chi connectivity index (χ3v) is 4.27. The van der Waals surface area contributed by atoms with E-state index in [0.717, 1.165) is 10.4 Å². The standard InChI is InChI=1S/C15H12N4O3S/c16-15(20)11-2-1-3-12-14(11)18-13(17-12)8-23-10-6-4-9(5-7-10)19(21)22/h1-7H,8H2,(H2,16,20)(H,17,18). The van der Waals surface area contributed by atoms with Crippen molar-refractivity contribution in [3.05, 3.63) is 64.0 Å². The fourth-order valence-corrected chi connectivity index (χ4v) is 2.93. The second-order valence-corrected chi connectivity index (χ2v) is 5.84. The topological polar surface area (TPSA) is 115 Å². The van der Waals surface area contributed by atoms with Gasteiger partial charge in [-0.05, 0) is 24.3 Å². The summed E-state index contributed by atoms with van der Waals surface area (Å²) in [5.41, 5.74) is 7.08. The monoisotopic (exact) mass is 328 g/mol. The van der Waals surface area contributed by atoms with Crippen molar-refractivity contribution in [3.8, 4) is 0 Å². The van der Waals surface area contributed by atoms with Crippen LogP contribution in [0.2, 0.25) is 0 Å². The van der Waals surface area contributed by atoms with Crippen LogP contribution in [-0.2, 0) is 5.75 Å². The molecule has 116 valence electrons. The molecule has 2 aromatic carbocycles. The lowest BCUT2D eigenvalue weighted by Gasteiger charge is -1.99. The van der Waals surface area contributed by atoms with Crippen LogP contribution in [0, 0.1) is 10.1 Å². The predicted octanol–water partition coefficient (Wildman–Crippen LogP) is 2.86. The van der Waals surface area contributed by atoms with Crippen LogP contribution >= 0.6 is 11.8 Å². The van der Waals surface area contributed by atoms with Gasteiger partial charge in [0, 0.05) is 17.0 Å². The Labute approximate surface area is 135 Å². The van der Waals surface area contributed by atoms with Crippen molar-refractivity contribution in [2.75, 3.05) is 0 Å². The minimum Gasteiger partial charge on any atom is -0.366 e. The number of nitrogens with one attached hydrogen (secondary N) is 1. The molecule has 23 heavy (non-hydrogen) atoms. The maximum absolute atomic E-state index is 11.4. The van der Waals surface area contributed by atoms with Gasteiger partial charge in [-0.3, -0.25) is 14.9 Å². The number of nitro groups is 1. The normalized spacial score (nSPS) is 10.8. The molecule has 7 nitrogen and oxygen atoms in total. The number of carbonyl (C=O) groups is 1. The molecule has 0 aliphatic rings. The number of benzene rings is 2. The smallest absolute Gasteiger partial charge is 0.269 e. The summed E-state index contributed by atoms with van der Waals surface area (Å²) in [6.07, 6.45) is 0. The number of hydrogen-bond donors (Lipinski definition) is 2. The van der Waals surface area contributed by atoms with E-state index < -0.39 is 10.8 Å². The number of nitrogens with zero attached hydrogens (tertiary/aromatic N) is 2. The van der Waals surface area contributed by atoms with Gasteiger partial charge in [0.2, 0.25) is 0 Å². The first-order valence-corrected chi connectivity index (χ1v) is 7.68. The number of nitro benzene ring substituents is 1. The second kappa shape index (κ2) is 6.09. The molecule has 0 saturated heterocycles. The van der Waals surface area contributed by atoms with Gasteiger partial charge in [-0.15, -0.1) is 11.8 Å². The van der Waals surface area contributed by atoms with E-state index >= 15 is 0 Å². The van der Waals surface area contributed by atoms with Crippen LogP contribution in [-0.4, -0.2) is 20.8 Å². The molecule has 0 atom stereocenters. The van der Waals surface area contributed by atoms with E-state index in [1.807, 2.05) is 6.07 Å². The summed E-state index contributed by atoms with van der Waals surface area (Å²) in [5, 5.41) is 10.6. The zero-order valence-corrected chi connectivity index (χ0v) is 12.7. The molecule has 0 fully saturated rings. The highest BCUT2D eigenvalue weighted by atomic mass is 32.2. The molecule has 1 amide bonds. The van der Waals surface area contributed by atoms with Crippen LogP contribution in [0.25, 0.3) is 11.0 Å². The van der Waals surface area contributed by atoms with E-state index in [2.05, 4.69) is 9.97 Å². The van der Waals surface area contributed by atoms with Crippen molar-refractivity contribution in [1.82, 2.24) is 9.97 Å². The number of fused-ring (bicyclic) bond motifs is 1. The van der Waals surface area contributed by atoms with Crippen LogP contribution in [0.3, 0.4) is 0 Å². The number of nitrogens with two attached hydrogens (primary N) is 1. The van der Waals surface area contributed by atoms with Gasteiger partial charge in [0.1, 0.15) is 11.3 Å². The molecule has 1 heterocycles. The summed E-state index contributed by atoms with van der Waals surface area (Å²) >= 11 is 1.49. The molecule has 1 aromatic heterocycles. The second-order valence-electron chi connectivity index (χ2n) is 4.79. The van der Waals surface area contributed by atoms with E-state index in [4.69, 9.17) is 5.73 Å². The van der Waals surface area contributed by atoms with Crippen molar-refractivity contribution in [2.45, 2.75) is 10.6 Å². The highest BCUT2D eigenvalue weighted by Crippen LogP contribution is 2.25. The molecule has 0 aliphatic carbocycles. The van der Waals surface area contributed by atoms with Crippen LogP contribution in [0.1, 0.15) is 16.2 Å². The lowest BCUT2D eigenvalue weighted by atomic mass is 10.2. The Morgan fingerprint density at radius 1 is 1.26 bits per heavy atom. The number of H-pyrrole nitrogens is 1. The Morgan fingerprint density at radius 3 is 2.65 bits per heavy atom. The number of rotatable bonds is 5. The van der Waals surface area contributed by atoms with Crippen molar-refractivity contribution in [2.24, 2.45) is 5.73 Å². The van der Waals surface area contributed by atoms with Crippen molar-refractivity contribution in [3.63, 3.8) is 0 Å². The molecule has 0 unspecified atom stereocenters. The minimum atomic E-state index is -0.517. The summed E-state index contributed by atoms with van der Waals surface area (Å²) in [6.45, 7) is 0. The van der Waals surface area contributed by atoms with E-state index in [9.17, 15) is 14.9 Å². The number of aromatic amines is 1. The number of thioether (sulfide) groups is 1. The SMILES string of the molecule is NC(=O)c1cccc2[nH]c(CSc3ccc([N+](=O)[O-])cc3)nc12. The van der Waals surface area contributed by atoms with Crippen LogP contribution in [0.4, 0.5) is 5.69 Å². The predicted molar refractivity (Wildman–Crippen MR) is 87.3 cm³/mol. The molecule has 0 radical (unpaired) electrons. The summed E-state index contributed by atoms with van der Waals surface area (Å²) in [7, 11) is 0. The fraction of sp³-hybridized carbons (Fsp3) is 0.0667. The highest BCUT2D eigenvalue weighted by Gasteiger charge is 2.11. The number of imidazole rings is 1. The molecule has 0 spiro atoms. The Balaban J connectivity index is 1.78. The number of primary amides is 1. The molecular formula is C15H12N4O3S. The van der Waals surface area contributed by atoms with Crippen molar-refractivity contribution in [1.29, 1.82) is 0 Å². The number of carbonyl (C=O) groups excluding carboxylic acids is 1. The molecule has 0 aliphatic heterocycles.